The number of carboxylic acid groups (broad SMARTS) is 1. The number of nitrogens with zero attached hydrogens (tertiary/aromatic N) is 1. The maximum atomic E-state index is 12.5. The molecule has 6 nitrogen and oxygen atoms in total. The molecule has 23 heavy (non-hydrogen) atoms. The van der Waals surface area contributed by atoms with E-state index in [1.165, 1.54) is 12.3 Å². The Balaban J connectivity index is 2.26. The highest BCUT2D eigenvalue weighted by atomic mass is 32.2. The van der Waals surface area contributed by atoms with Gasteiger partial charge in [0.25, 0.3) is 0 Å². The number of sulfonamides is 1. The molecule has 0 spiro atoms. The molecule has 0 aliphatic rings. The fraction of sp³-hybridized carbons (Fsp3) is 0.250. The normalized spacial score (nSPS) is 11.4. The average Bonchev–Trinajstić information content (AvgIpc) is 2.44. The van der Waals surface area contributed by atoms with Crippen LogP contribution in [0.1, 0.15) is 32.7 Å². The zero-order valence-corrected chi connectivity index (χ0v) is 13.9. The van der Waals surface area contributed by atoms with Gasteiger partial charge in [-0.25, -0.2) is 22.9 Å². The molecule has 0 amide bonds. The Morgan fingerprint density at radius 2 is 1.78 bits per heavy atom. The monoisotopic (exact) mass is 334 g/mol. The van der Waals surface area contributed by atoms with Gasteiger partial charge in [-0.3, -0.25) is 0 Å². The van der Waals surface area contributed by atoms with Gasteiger partial charge in [0.15, 0.2) is 0 Å². The number of aryl methyl sites for hydroxylation is 3. The van der Waals surface area contributed by atoms with Crippen LogP contribution >= 0.6 is 0 Å². The Bertz CT molecular complexity index is 837. The molecular weight excluding hydrogens is 316 g/mol. The Labute approximate surface area is 135 Å². The van der Waals surface area contributed by atoms with E-state index in [9.17, 15) is 13.2 Å². The van der Waals surface area contributed by atoms with Crippen LogP contribution in [0.4, 0.5) is 0 Å². The number of carbonyl (C=O) groups is 1. The highest BCUT2D eigenvalue weighted by molar-refractivity contribution is 7.89. The molecule has 2 aromatic rings. The van der Waals surface area contributed by atoms with E-state index in [-0.39, 0.29) is 17.1 Å². The van der Waals surface area contributed by atoms with Crippen molar-refractivity contribution in [3.63, 3.8) is 0 Å². The van der Waals surface area contributed by atoms with Crippen molar-refractivity contribution < 1.29 is 18.3 Å². The lowest BCUT2D eigenvalue weighted by atomic mass is 10.1. The molecule has 0 fully saturated rings. The molecular formula is C16H18N2O4S. The molecule has 1 aromatic carbocycles. The van der Waals surface area contributed by atoms with Gasteiger partial charge in [0.1, 0.15) is 5.69 Å². The average molecular weight is 334 g/mol. The maximum Gasteiger partial charge on any atom is 0.354 e. The second-order valence-electron chi connectivity index (χ2n) is 5.41. The van der Waals surface area contributed by atoms with Gasteiger partial charge >= 0.3 is 5.97 Å². The lowest BCUT2D eigenvalue weighted by Gasteiger charge is -2.13. The fourth-order valence-electron chi connectivity index (χ4n) is 2.54. The van der Waals surface area contributed by atoms with Crippen LogP contribution in [-0.4, -0.2) is 24.5 Å². The molecule has 0 aliphatic heterocycles. The van der Waals surface area contributed by atoms with E-state index in [4.69, 9.17) is 5.11 Å². The Hall–Kier alpha value is -2.25. The minimum atomic E-state index is -3.69. The third-order valence-corrected chi connectivity index (χ3v) is 5.09. The summed E-state index contributed by atoms with van der Waals surface area (Å²) in [5.74, 6) is -1.15. The van der Waals surface area contributed by atoms with Gasteiger partial charge in [-0.15, -0.1) is 0 Å². The molecule has 0 saturated heterocycles. The molecule has 0 radical (unpaired) electrons. The summed E-state index contributed by atoms with van der Waals surface area (Å²) in [7, 11) is -3.69. The molecule has 0 bridgehead atoms. The first kappa shape index (κ1) is 17.1. The molecule has 0 unspecified atom stereocenters. The van der Waals surface area contributed by atoms with Crippen LogP contribution in [0.3, 0.4) is 0 Å². The minimum absolute atomic E-state index is 0.00209. The number of carboxylic acids is 1. The van der Waals surface area contributed by atoms with E-state index in [1.54, 1.807) is 19.9 Å². The summed E-state index contributed by atoms with van der Waals surface area (Å²) in [6.45, 7) is 5.42. The molecule has 2 rings (SSSR count). The molecule has 7 heteroatoms. The standard InChI is InChI=1S/C16H18N2O4S/c1-10-6-11(2)15(12(3)7-10)23(21,22)18-9-13-4-5-17-14(8-13)16(19)20/h4-8,18H,9H2,1-3H3,(H,19,20). The Morgan fingerprint density at radius 1 is 1.17 bits per heavy atom. The topological polar surface area (TPSA) is 96.4 Å². The number of pyridine rings is 1. The number of aromatic carboxylic acids is 1. The van der Waals surface area contributed by atoms with Crippen molar-refractivity contribution in [2.45, 2.75) is 32.2 Å². The van der Waals surface area contributed by atoms with Gasteiger partial charge in [-0.1, -0.05) is 17.7 Å². The first-order chi connectivity index (χ1) is 10.7. The number of hydrogen-bond acceptors (Lipinski definition) is 4. The quantitative estimate of drug-likeness (QED) is 0.873. The molecule has 0 atom stereocenters. The summed E-state index contributed by atoms with van der Waals surface area (Å²) in [6.07, 6.45) is 1.34. The zero-order chi connectivity index (χ0) is 17.2. The van der Waals surface area contributed by atoms with Crippen LogP contribution in [0.15, 0.2) is 35.4 Å². The maximum absolute atomic E-state index is 12.5. The van der Waals surface area contributed by atoms with E-state index in [0.717, 1.165) is 5.56 Å². The lowest BCUT2D eigenvalue weighted by Crippen LogP contribution is -2.25. The van der Waals surface area contributed by atoms with Crippen molar-refractivity contribution in [3.8, 4) is 0 Å². The van der Waals surface area contributed by atoms with E-state index < -0.39 is 16.0 Å². The smallest absolute Gasteiger partial charge is 0.354 e. The summed E-state index contributed by atoms with van der Waals surface area (Å²) in [5.41, 5.74) is 2.76. The van der Waals surface area contributed by atoms with Gasteiger partial charge in [0.2, 0.25) is 10.0 Å². The molecule has 1 aromatic heterocycles. The van der Waals surface area contributed by atoms with Crippen LogP contribution in [0.2, 0.25) is 0 Å². The van der Waals surface area contributed by atoms with Crippen molar-refractivity contribution >= 4 is 16.0 Å². The first-order valence-electron chi connectivity index (χ1n) is 6.96. The predicted octanol–water partition coefficient (Wildman–Crippen LogP) is 2.18. The molecule has 0 saturated carbocycles. The van der Waals surface area contributed by atoms with E-state index in [0.29, 0.717) is 16.7 Å². The number of hydrogen-bond donors (Lipinski definition) is 2. The molecule has 122 valence electrons. The summed E-state index contributed by atoms with van der Waals surface area (Å²) in [5, 5.41) is 8.91. The fourth-order valence-corrected chi connectivity index (χ4v) is 4.01. The number of nitrogens with one attached hydrogen (secondary N) is 1. The van der Waals surface area contributed by atoms with Gasteiger partial charge in [-0.05, 0) is 49.6 Å². The van der Waals surface area contributed by atoms with Crippen LogP contribution in [0.5, 0.6) is 0 Å². The third-order valence-electron chi connectivity index (χ3n) is 3.38. The summed E-state index contributed by atoms with van der Waals surface area (Å²) in [4.78, 5) is 14.9. The third kappa shape index (κ3) is 3.94. The predicted molar refractivity (Wildman–Crippen MR) is 85.9 cm³/mol. The summed E-state index contributed by atoms with van der Waals surface area (Å²) in [6, 6.07) is 6.55. The number of rotatable bonds is 5. The van der Waals surface area contributed by atoms with Crippen LogP contribution in [0, 0.1) is 20.8 Å². The van der Waals surface area contributed by atoms with Crippen molar-refractivity contribution in [1.82, 2.24) is 9.71 Å². The second-order valence-corrected chi connectivity index (χ2v) is 7.11. The van der Waals surface area contributed by atoms with Crippen LogP contribution in [0.25, 0.3) is 0 Å². The van der Waals surface area contributed by atoms with Crippen LogP contribution in [-0.2, 0) is 16.6 Å². The van der Waals surface area contributed by atoms with E-state index >= 15 is 0 Å². The second kappa shape index (κ2) is 6.47. The van der Waals surface area contributed by atoms with Crippen molar-refractivity contribution in [2.75, 3.05) is 0 Å². The molecule has 1 heterocycles. The highest BCUT2D eigenvalue weighted by Crippen LogP contribution is 2.21. The summed E-state index contributed by atoms with van der Waals surface area (Å²) < 4.78 is 27.6. The summed E-state index contributed by atoms with van der Waals surface area (Å²) >= 11 is 0. The van der Waals surface area contributed by atoms with E-state index in [2.05, 4.69) is 9.71 Å². The van der Waals surface area contributed by atoms with Crippen LogP contribution < -0.4 is 4.72 Å². The van der Waals surface area contributed by atoms with Crippen molar-refractivity contribution in [2.24, 2.45) is 0 Å². The highest BCUT2D eigenvalue weighted by Gasteiger charge is 2.19. The van der Waals surface area contributed by atoms with Gasteiger partial charge in [0.05, 0.1) is 4.90 Å². The Kier molecular flexibility index (Phi) is 4.82. The Morgan fingerprint density at radius 3 is 2.35 bits per heavy atom. The minimum Gasteiger partial charge on any atom is -0.477 e. The van der Waals surface area contributed by atoms with E-state index in [1.807, 2.05) is 19.1 Å². The SMILES string of the molecule is Cc1cc(C)c(S(=O)(=O)NCc2ccnc(C(=O)O)c2)c(C)c1. The largest absolute Gasteiger partial charge is 0.477 e. The number of benzene rings is 1. The lowest BCUT2D eigenvalue weighted by molar-refractivity contribution is 0.0690. The number of aromatic nitrogens is 1. The van der Waals surface area contributed by atoms with Gasteiger partial charge in [0, 0.05) is 12.7 Å². The van der Waals surface area contributed by atoms with Gasteiger partial charge in [-0.2, -0.15) is 0 Å². The van der Waals surface area contributed by atoms with Gasteiger partial charge < -0.3 is 5.11 Å². The molecule has 2 N–H and O–H groups in total. The van der Waals surface area contributed by atoms with Crippen molar-refractivity contribution in [1.29, 1.82) is 0 Å². The zero-order valence-electron chi connectivity index (χ0n) is 13.1. The first-order valence-corrected chi connectivity index (χ1v) is 8.45. The van der Waals surface area contributed by atoms with Crippen molar-refractivity contribution in [3.05, 3.63) is 58.4 Å². The molecule has 0 aliphatic carbocycles.